The smallest absolute Gasteiger partial charge is 0.316 e. The molecule has 1 aromatic carbocycles. The number of nitrogens with one attached hydrogen (secondary N) is 2. The van der Waals surface area contributed by atoms with Crippen LogP contribution >= 0.6 is 0 Å². The fourth-order valence-electron chi connectivity index (χ4n) is 3.85. The Morgan fingerprint density at radius 1 is 1.24 bits per heavy atom. The molecule has 1 aliphatic rings. The van der Waals surface area contributed by atoms with Gasteiger partial charge >= 0.3 is 6.01 Å². The van der Waals surface area contributed by atoms with Crippen LogP contribution in [0.25, 0.3) is 10.9 Å². The quantitative estimate of drug-likeness (QED) is 0.695. The molecule has 0 bridgehead atoms. The SMILES string of the molecule is COc1ncc2c(N3C[C@H](C)N[C@@H](C)C3)ccc(C(=O)Nc3cnn(C)c3)c2n1. The van der Waals surface area contributed by atoms with Gasteiger partial charge in [0.1, 0.15) is 0 Å². The molecule has 1 amide bonds. The number of hydrogen-bond donors (Lipinski definition) is 2. The van der Waals surface area contributed by atoms with Crippen LogP contribution in [0.5, 0.6) is 6.01 Å². The van der Waals surface area contributed by atoms with Crippen molar-refractivity contribution in [3.8, 4) is 6.01 Å². The summed E-state index contributed by atoms with van der Waals surface area (Å²) in [5.41, 5.74) is 2.67. The summed E-state index contributed by atoms with van der Waals surface area (Å²) in [6.07, 6.45) is 5.08. The standard InChI is InChI=1S/C20H25N7O2/c1-12-9-27(10-13(2)23-12)17-6-5-15(18-16(17)8-21-20(25-18)29-4)19(28)24-14-7-22-26(3)11-14/h5-8,11-13,23H,9-10H2,1-4H3,(H,24,28)/t12-,13-/m0/s1. The number of ether oxygens (including phenoxy) is 1. The lowest BCUT2D eigenvalue weighted by molar-refractivity contribution is 0.102. The van der Waals surface area contributed by atoms with E-state index in [2.05, 4.69) is 44.4 Å². The summed E-state index contributed by atoms with van der Waals surface area (Å²) in [7, 11) is 3.31. The van der Waals surface area contributed by atoms with Gasteiger partial charge in [-0.1, -0.05) is 0 Å². The molecule has 2 N–H and O–H groups in total. The first kappa shape index (κ1) is 19.1. The van der Waals surface area contributed by atoms with Crippen LogP contribution in [0.15, 0.2) is 30.7 Å². The topological polar surface area (TPSA) is 97.2 Å². The lowest BCUT2D eigenvalue weighted by Gasteiger charge is -2.38. The molecule has 0 unspecified atom stereocenters. The van der Waals surface area contributed by atoms with Crippen molar-refractivity contribution in [2.45, 2.75) is 25.9 Å². The maximum absolute atomic E-state index is 13.0. The number of piperazine rings is 1. The van der Waals surface area contributed by atoms with Crippen LogP contribution in [0.2, 0.25) is 0 Å². The lowest BCUT2D eigenvalue weighted by atomic mass is 10.0. The highest BCUT2D eigenvalue weighted by atomic mass is 16.5. The van der Waals surface area contributed by atoms with Gasteiger partial charge in [-0.25, -0.2) is 4.98 Å². The van der Waals surface area contributed by atoms with Crippen LogP contribution in [-0.2, 0) is 7.05 Å². The zero-order valence-corrected chi connectivity index (χ0v) is 17.0. The van der Waals surface area contributed by atoms with E-state index in [0.29, 0.717) is 28.9 Å². The van der Waals surface area contributed by atoms with Crippen molar-refractivity contribution in [3.05, 3.63) is 36.3 Å². The third-order valence-corrected chi connectivity index (χ3v) is 4.99. The maximum Gasteiger partial charge on any atom is 0.316 e. The summed E-state index contributed by atoms with van der Waals surface area (Å²) in [5, 5.41) is 11.3. The van der Waals surface area contributed by atoms with Crippen LogP contribution in [0.1, 0.15) is 24.2 Å². The van der Waals surface area contributed by atoms with Gasteiger partial charge in [-0.2, -0.15) is 10.1 Å². The number of benzene rings is 1. The maximum atomic E-state index is 13.0. The number of fused-ring (bicyclic) bond motifs is 1. The van der Waals surface area contributed by atoms with Crippen molar-refractivity contribution >= 4 is 28.2 Å². The first-order valence-electron chi connectivity index (χ1n) is 9.59. The third-order valence-electron chi connectivity index (χ3n) is 4.99. The molecule has 9 nitrogen and oxygen atoms in total. The van der Waals surface area contributed by atoms with E-state index in [4.69, 9.17) is 4.74 Å². The Hall–Kier alpha value is -3.20. The second-order valence-electron chi connectivity index (χ2n) is 7.48. The van der Waals surface area contributed by atoms with Crippen LogP contribution in [0.4, 0.5) is 11.4 Å². The van der Waals surface area contributed by atoms with Crippen molar-refractivity contribution in [1.82, 2.24) is 25.1 Å². The Balaban J connectivity index is 1.76. The molecular weight excluding hydrogens is 370 g/mol. The minimum absolute atomic E-state index is 0.229. The largest absolute Gasteiger partial charge is 0.467 e. The minimum atomic E-state index is -0.252. The average Bonchev–Trinajstić information content (AvgIpc) is 3.10. The van der Waals surface area contributed by atoms with E-state index in [9.17, 15) is 4.79 Å². The summed E-state index contributed by atoms with van der Waals surface area (Å²) >= 11 is 0. The predicted molar refractivity (Wildman–Crippen MR) is 112 cm³/mol. The monoisotopic (exact) mass is 395 g/mol. The molecule has 0 spiro atoms. The molecule has 152 valence electrons. The highest BCUT2D eigenvalue weighted by Gasteiger charge is 2.24. The number of carbonyl (C=O) groups is 1. The average molecular weight is 395 g/mol. The van der Waals surface area contributed by atoms with Gasteiger partial charge in [-0.05, 0) is 26.0 Å². The highest BCUT2D eigenvalue weighted by molar-refractivity contribution is 6.13. The van der Waals surface area contributed by atoms with Gasteiger partial charge in [0.2, 0.25) is 0 Å². The zero-order chi connectivity index (χ0) is 20.5. The number of amides is 1. The normalized spacial score (nSPS) is 19.4. The molecule has 0 aliphatic carbocycles. The van der Waals surface area contributed by atoms with E-state index in [0.717, 1.165) is 24.2 Å². The van der Waals surface area contributed by atoms with Crippen molar-refractivity contribution in [2.75, 3.05) is 30.4 Å². The third kappa shape index (κ3) is 3.86. The fraction of sp³-hybridized carbons (Fsp3) is 0.400. The van der Waals surface area contributed by atoms with Crippen LogP contribution in [-0.4, -0.2) is 57.9 Å². The molecule has 4 rings (SSSR count). The van der Waals surface area contributed by atoms with Gasteiger partial charge < -0.3 is 20.3 Å². The Morgan fingerprint density at radius 2 is 2.00 bits per heavy atom. The lowest BCUT2D eigenvalue weighted by Crippen LogP contribution is -2.54. The first-order valence-corrected chi connectivity index (χ1v) is 9.59. The summed E-state index contributed by atoms with van der Waals surface area (Å²) in [4.78, 5) is 24.1. The Bertz CT molecular complexity index is 1040. The zero-order valence-electron chi connectivity index (χ0n) is 17.0. The van der Waals surface area contributed by atoms with E-state index in [1.807, 2.05) is 12.1 Å². The van der Waals surface area contributed by atoms with Crippen molar-refractivity contribution in [2.24, 2.45) is 7.05 Å². The van der Waals surface area contributed by atoms with Crippen LogP contribution in [0, 0.1) is 0 Å². The number of anilines is 2. The summed E-state index contributed by atoms with van der Waals surface area (Å²) in [5.74, 6) is -0.252. The van der Waals surface area contributed by atoms with Crippen molar-refractivity contribution < 1.29 is 9.53 Å². The molecule has 2 atom stereocenters. The molecule has 0 radical (unpaired) electrons. The summed E-state index contributed by atoms with van der Waals surface area (Å²) < 4.78 is 6.84. The van der Waals surface area contributed by atoms with Gasteiger partial charge in [-0.15, -0.1) is 0 Å². The van der Waals surface area contributed by atoms with E-state index < -0.39 is 0 Å². The van der Waals surface area contributed by atoms with E-state index in [-0.39, 0.29) is 11.9 Å². The number of aromatic nitrogens is 4. The van der Waals surface area contributed by atoms with E-state index in [1.165, 1.54) is 7.11 Å². The van der Waals surface area contributed by atoms with Crippen molar-refractivity contribution in [1.29, 1.82) is 0 Å². The molecule has 3 heterocycles. The van der Waals surface area contributed by atoms with Crippen LogP contribution < -0.4 is 20.3 Å². The number of carbonyl (C=O) groups excluding carboxylic acids is 1. The van der Waals surface area contributed by atoms with Crippen LogP contribution in [0.3, 0.4) is 0 Å². The minimum Gasteiger partial charge on any atom is -0.467 e. The van der Waals surface area contributed by atoms with Gasteiger partial charge in [0.05, 0.1) is 30.1 Å². The molecule has 2 aromatic heterocycles. The van der Waals surface area contributed by atoms with Gasteiger partial charge in [-0.3, -0.25) is 9.48 Å². The predicted octanol–water partition coefficient (Wildman–Crippen LogP) is 1.81. The number of methoxy groups -OCH3 is 1. The second kappa shape index (κ2) is 7.67. The van der Waals surface area contributed by atoms with Gasteiger partial charge in [0, 0.05) is 55.7 Å². The summed E-state index contributed by atoms with van der Waals surface area (Å²) in [6.45, 7) is 6.07. The molecule has 3 aromatic rings. The molecule has 29 heavy (non-hydrogen) atoms. The van der Waals surface area contributed by atoms with Gasteiger partial charge in [0.25, 0.3) is 5.91 Å². The molecule has 1 saturated heterocycles. The van der Waals surface area contributed by atoms with E-state index >= 15 is 0 Å². The Labute approximate surface area is 169 Å². The number of hydrogen-bond acceptors (Lipinski definition) is 7. The number of rotatable bonds is 4. The summed E-state index contributed by atoms with van der Waals surface area (Å²) in [6, 6.07) is 4.74. The molecule has 1 fully saturated rings. The number of aryl methyl sites for hydroxylation is 1. The second-order valence-corrected chi connectivity index (χ2v) is 7.48. The fourth-order valence-corrected chi connectivity index (χ4v) is 3.85. The molecular formula is C20H25N7O2. The Morgan fingerprint density at radius 3 is 2.66 bits per heavy atom. The van der Waals surface area contributed by atoms with Crippen molar-refractivity contribution in [3.63, 3.8) is 0 Å². The highest BCUT2D eigenvalue weighted by Crippen LogP contribution is 2.30. The number of nitrogens with zero attached hydrogens (tertiary/aromatic N) is 5. The Kier molecular flexibility index (Phi) is 5.06. The van der Waals surface area contributed by atoms with E-state index in [1.54, 1.807) is 30.3 Å². The van der Waals surface area contributed by atoms with Gasteiger partial charge in [0.15, 0.2) is 0 Å². The first-order chi connectivity index (χ1) is 13.9. The molecule has 0 saturated carbocycles. The molecule has 9 heteroatoms. The molecule has 1 aliphatic heterocycles.